The zero-order valence-corrected chi connectivity index (χ0v) is 15.1. The maximum absolute atomic E-state index is 12.4. The number of hydrogen-bond donors (Lipinski definition) is 0. The Hall–Kier alpha value is -3.54. The lowest BCUT2D eigenvalue weighted by atomic mass is 10.1. The van der Waals surface area contributed by atoms with Crippen molar-refractivity contribution in [3.05, 3.63) is 98.9 Å². The minimum atomic E-state index is -0.512. The highest BCUT2D eigenvalue weighted by Crippen LogP contribution is 2.18. The van der Waals surface area contributed by atoms with E-state index in [0.717, 1.165) is 22.5 Å². The normalized spacial score (nSPS) is 11.0. The summed E-state index contributed by atoms with van der Waals surface area (Å²) in [6, 6.07) is 15.7. The first-order chi connectivity index (χ1) is 13.0. The lowest BCUT2D eigenvalue weighted by Crippen LogP contribution is -2.03. The zero-order valence-electron chi connectivity index (χ0n) is 15.1. The molecule has 0 aliphatic carbocycles. The molecule has 0 spiro atoms. The second-order valence-electron chi connectivity index (χ2n) is 6.23. The van der Waals surface area contributed by atoms with Crippen LogP contribution in [0.1, 0.15) is 32.9 Å². The van der Waals surface area contributed by atoms with Gasteiger partial charge in [0.15, 0.2) is 5.78 Å². The highest BCUT2D eigenvalue weighted by molar-refractivity contribution is 6.07. The molecule has 0 radical (unpaired) electrons. The predicted octanol–water partition coefficient (Wildman–Crippen LogP) is 4.35. The fraction of sp³-hybridized carbons (Fsp3) is 0.143. The van der Waals surface area contributed by atoms with E-state index in [1.165, 1.54) is 24.3 Å². The Kier molecular flexibility index (Phi) is 5.26. The molecule has 27 heavy (non-hydrogen) atoms. The molecule has 0 amide bonds. The molecule has 0 fully saturated rings. The van der Waals surface area contributed by atoms with E-state index in [1.54, 1.807) is 12.1 Å². The molecule has 3 rings (SSSR count). The third-order valence-corrected chi connectivity index (χ3v) is 4.36. The lowest BCUT2D eigenvalue weighted by Gasteiger charge is -2.04. The van der Waals surface area contributed by atoms with Crippen molar-refractivity contribution in [2.45, 2.75) is 20.4 Å². The Morgan fingerprint density at radius 2 is 1.89 bits per heavy atom. The first-order valence-corrected chi connectivity index (χ1v) is 8.50. The van der Waals surface area contributed by atoms with Crippen molar-refractivity contribution in [2.24, 2.45) is 0 Å². The van der Waals surface area contributed by atoms with Gasteiger partial charge in [0, 0.05) is 29.0 Å². The first kappa shape index (κ1) is 18.3. The summed E-state index contributed by atoms with van der Waals surface area (Å²) in [5, 5.41) is 15.4. The third-order valence-electron chi connectivity index (χ3n) is 4.36. The molecule has 6 heteroatoms. The molecule has 0 unspecified atom stereocenters. The molecule has 0 saturated carbocycles. The number of benzene rings is 2. The average molecular weight is 361 g/mol. The van der Waals surface area contributed by atoms with Crippen molar-refractivity contribution in [3.63, 3.8) is 0 Å². The van der Waals surface area contributed by atoms with Gasteiger partial charge in [-0.05, 0) is 31.6 Å². The third kappa shape index (κ3) is 4.17. The molecule has 1 aromatic heterocycles. The van der Waals surface area contributed by atoms with Crippen molar-refractivity contribution in [1.82, 2.24) is 9.78 Å². The number of nitro benzene ring substituents is 1. The molecule has 0 aliphatic heterocycles. The quantitative estimate of drug-likeness (QED) is 0.283. The predicted molar refractivity (Wildman–Crippen MR) is 104 cm³/mol. The van der Waals surface area contributed by atoms with Gasteiger partial charge in [-0.15, -0.1) is 0 Å². The van der Waals surface area contributed by atoms with Crippen LogP contribution in [0.15, 0.2) is 60.7 Å². The second kappa shape index (κ2) is 7.78. The van der Waals surface area contributed by atoms with Crippen molar-refractivity contribution >= 4 is 17.5 Å². The summed E-state index contributed by atoms with van der Waals surface area (Å²) in [6.07, 6.45) is 3.16. The number of aromatic nitrogens is 2. The molecule has 0 bridgehead atoms. The van der Waals surface area contributed by atoms with Crippen LogP contribution in [-0.2, 0) is 6.54 Å². The number of allylic oxidation sites excluding steroid dienone is 1. The summed E-state index contributed by atoms with van der Waals surface area (Å²) >= 11 is 0. The standard InChI is InChI=1S/C21H19N3O3/c1-15-20(16(2)23(22-15)14-17-7-4-3-5-8-17)11-12-21(25)18-9-6-10-19(13-18)24(26)27/h3-13H,14H2,1-2H3/b12-11+. The van der Waals surface area contributed by atoms with Crippen molar-refractivity contribution in [2.75, 3.05) is 0 Å². The van der Waals surface area contributed by atoms with E-state index >= 15 is 0 Å². The topological polar surface area (TPSA) is 78.0 Å². The summed E-state index contributed by atoms with van der Waals surface area (Å²) in [5.74, 6) is -0.284. The van der Waals surface area contributed by atoms with E-state index in [0.29, 0.717) is 6.54 Å². The van der Waals surface area contributed by atoms with E-state index in [2.05, 4.69) is 5.10 Å². The molecule has 6 nitrogen and oxygen atoms in total. The Balaban J connectivity index is 1.82. The van der Waals surface area contributed by atoms with E-state index < -0.39 is 4.92 Å². The van der Waals surface area contributed by atoms with Crippen LogP contribution in [0.2, 0.25) is 0 Å². The van der Waals surface area contributed by atoms with Crippen molar-refractivity contribution in [1.29, 1.82) is 0 Å². The maximum Gasteiger partial charge on any atom is 0.270 e. The minimum Gasteiger partial charge on any atom is -0.289 e. The molecule has 136 valence electrons. The molecule has 0 aliphatic rings. The van der Waals surface area contributed by atoms with Gasteiger partial charge < -0.3 is 0 Å². The van der Waals surface area contributed by atoms with E-state index in [-0.39, 0.29) is 17.0 Å². The second-order valence-corrected chi connectivity index (χ2v) is 6.23. The zero-order chi connectivity index (χ0) is 19.4. The molecule has 3 aromatic rings. The van der Waals surface area contributed by atoms with Crippen LogP contribution in [-0.4, -0.2) is 20.5 Å². The molecular weight excluding hydrogens is 342 g/mol. The van der Waals surface area contributed by atoms with Gasteiger partial charge in [-0.2, -0.15) is 5.10 Å². The van der Waals surface area contributed by atoms with Crippen molar-refractivity contribution < 1.29 is 9.72 Å². The van der Waals surface area contributed by atoms with Crippen LogP contribution >= 0.6 is 0 Å². The van der Waals surface area contributed by atoms with Crippen LogP contribution in [0.5, 0.6) is 0 Å². The summed E-state index contributed by atoms with van der Waals surface area (Å²) in [7, 11) is 0. The fourth-order valence-corrected chi connectivity index (χ4v) is 2.89. The number of ketones is 1. The van der Waals surface area contributed by atoms with E-state index in [1.807, 2.05) is 48.9 Å². The van der Waals surface area contributed by atoms with Gasteiger partial charge in [-0.25, -0.2) is 0 Å². The van der Waals surface area contributed by atoms with Gasteiger partial charge in [-0.1, -0.05) is 42.5 Å². The van der Waals surface area contributed by atoms with Gasteiger partial charge in [-0.3, -0.25) is 19.6 Å². The number of carbonyl (C=O) groups excluding carboxylic acids is 1. The fourth-order valence-electron chi connectivity index (χ4n) is 2.89. The molecule has 1 heterocycles. The number of aryl methyl sites for hydroxylation is 1. The smallest absolute Gasteiger partial charge is 0.270 e. The van der Waals surface area contributed by atoms with Crippen LogP contribution in [0, 0.1) is 24.0 Å². The van der Waals surface area contributed by atoms with Gasteiger partial charge >= 0.3 is 0 Å². The van der Waals surface area contributed by atoms with Crippen molar-refractivity contribution in [3.8, 4) is 0 Å². The highest BCUT2D eigenvalue weighted by Gasteiger charge is 2.12. The minimum absolute atomic E-state index is 0.0997. The summed E-state index contributed by atoms with van der Waals surface area (Å²) in [6.45, 7) is 4.51. The Labute approximate surface area is 156 Å². The molecule has 0 atom stereocenters. The van der Waals surface area contributed by atoms with E-state index in [9.17, 15) is 14.9 Å². The van der Waals surface area contributed by atoms with Crippen LogP contribution in [0.25, 0.3) is 6.08 Å². The number of hydrogen-bond acceptors (Lipinski definition) is 4. The molecule has 2 aromatic carbocycles. The largest absolute Gasteiger partial charge is 0.289 e. The molecule has 0 saturated heterocycles. The summed E-state index contributed by atoms with van der Waals surface area (Å²) < 4.78 is 1.90. The number of nitro groups is 1. The Morgan fingerprint density at radius 3 is 2.59 bits per heavy atom. The average Bonchev–Trinajstić information content (AvgIpc) is 2.93. The maximum atomic E-state index is 12.4. The van der Waals surface area contributed by atoms with Gasteiger partial charge in [0.25, 0.3) is 5.69 Å². The van der Waals surface area contributed by atoms with Gasteiger partial charge in [0.1, 0.15) is 0 Å². The van der Waals surface area contributed by atoms with Crippen LogP contribution < -0.4 is 0 Å². The first-order valence-electron chi connectivity index (χ1n) is 8.50. The highest BCUT2D eigenvalue weighted by atomic mass is 16.6. The van der Waals surface area contributed by atoms with Gasteiger partial charge in [0.2, 0.25) is 0 Å². The van der Waals surface area contributed by atoms with Crippen LogP contribution in [0.4, 0.5) is 5.69 Å². The Bertz CT molecular complexity index is 1020. The number of rotatable bonds is 6. The summed E-state index contributed by atoms with van der Waals surface area (Å²) in [5.41, 5.74) is 3.99. The molecule has 0 N–H and O–H groups in total. The number of non-ortho nitro benzene ring substituents is 1. The Morgan fingerprint density at radius 1 is 1.15 bits per heavy atom. The molecular formula is C21H19N3O3. The number of carbonyl (C=O) groups is 1. The SMILES string of the molecule is Cc1nn(Cc2ccccc2)c(C)c1/C=C/C(=O)c1cccc([N+](=O)[O-])c1. The summed E-state index contributed by atoms with van der Waals surface area (Å²) in [4.78, 5) is 22.7. The monoisotopic (exact) mass is 361 g/mol. The number of nitrogens with zero attached hydrogens (tertiary/aromatic N) is 3. The van der Waals surface area contributed by atoms with Crippen LogP contribution in [0.3, 0.4) is 0 Å². The van der Waals surface area contributed by atoms with Gasteiger partial charge in [0.05, 0.1) is 17.2 Å². The lowest BCUT2D eigenvalue weighted by molar-refractivity contribution is -0.384. The van der Waals surface area contributed by atoms with E-state index in [4.69, 9.17) is 0 Å².